The molecule has 0 radical (unpaired) electrons. The maximum atomic E-state index is 4.68. The van der Waals surface area contributed by atoms with Gasteiger partial charge in [0.15, 0.2) is 11.6 Å². The quantitative estimate of drug-likeness (QED) is 0.390. The van der Waals surface area contributed by atoms with Gasteiger partial charge in [0.2, 0.25) is 0 Å². The van der Waals surface area contributed by atoms with Gasteiger partial charge in [-0.2, -0.15) is 0 Å². The third kappa shape index (κ3) is 4.07. The van der Waals surface area contributed by atoms with Gasteiger partial charge in [-0.15, -0.1) is 0 Å². The summed E-state index contributed by atoms with van der Waals surface area (Å²) >= 11 is 0. The van der Waals surface area contributed by atoms with E-state index in [-0.39, 0.29) is 0 Å². The van der Waals surface area contributed by atoms with Gasteiger partial charge in [-0.25, -0.2) is 15.0 Å². The highest BCUT2D eigenvalue weighted by Crippen LogP contribution is 2.24. The Kier molecular flexibility index (Phi) is 4.99. The van der Waals surface area contributed by atoms with Crippen LogP contribution in [-0.4, -0.2) is 24.9 Å². The van der Waals surface area contributed by atoms with Gasteiger partial charge in [0.1, 0.15) is 5.82 Å². The standard InChI is InChI=1S/C26H19N5/c1-18-29-25(21-12-14-23(27-16-21)19-8-4-2-5-9-19)31-26(30-18)22-13-15-24(28-17-22)20-10-6-3-7-11-20/h2-17H,1H3. The molecule has 3 heterocycles. The molecule has 3 aromatic heterocycles. The van der Waals surface area contributed by atoms with Crippen LogP contribution < -0.4 is 0 Å². The van der Waals surface area contributed by atoms with Crippen LogP contribution in [0, 0.1) is 6.92 Å². The van der Waals surface area contributed by atoms with Crippen molar-refractivity contribution in [3.8, 4) is 45.3 Å². The van der Waals surface area contributed by atoms with Gasteiger partial charge in [0.25, 0.3) is 0 Å². The number of aromatic nitrogens is 5. The lowest BCUT2D eigenvalue weighted by atomic mass is 10.1. The second-order valence-corrected chi connectivity index (χ2v) is 7.13. The summed E-state index contributed by atoms with van der Waals surface area (Å²) < 4.78 is 0. The van der Waals surface area contributed by atoms with Gasteiger partial charge in [-0.3, -0.25) is 9.97 Å². The maximum Gasteiger partial charge on any atom is 0.165 e. The predicted octanol–water partition coefficient (Wildman–Crippen LogP) is 5.64. The fraction of sp³-hybridized carbons (Fsp3) is 0.0385. The molecule has 0 saturated carbocycles. The minimum absolute atomic E-state index is 0.599. The second-order valence-electron chi connectivity index (χ2n) is 7.13. The monoisotopic (exact) mass is 401 g/mol. The first-order valence-corrected chi connectivity index (χ1v) is 10.0. The van der Waals surface area contributed by atoms with Crippen LogP contribution in [0.15, 0.2) is 97.3 Å². The fourth-order valence-corrected chi connectivity index (χ4v) is 3.35. The summed E-state index contributed by atoms with van der Waals surface area (Å²) in [4.78, 5) is 22.9. The minimum atomic E-state index is 0.599. The molecule has 0 aliphatic rings. The molecule has 148 valence electrons. The number of aryl methyl sites for hydroxylation is 1. The molecule has 5 nitrogen and oxygen atoms in total. The maximum absolute atomic E-state index is 4.68. The van der Waals surface area contributed by atoms with Crippen LogP contribution in [-0.2, 0) is 0 Å². The van der Waals surface area contributed by atoms with Crippen molar-refractivity contribution in [1.29, 1.82) is 0 Å². The van der Waals surface area contributed by atoms with Gasteiger partial charge in [-0.05, 0) is 31.2 Å². The lowest BCUT2D eigenvalue weighted by Crippen LogP contribution is -2.00. The van der Waals surface area contributed by atoms with Crippen LogP contribution in [0.5, 0.6) is 0 Å². The van der Waals surface area contributed by atoms with Crippen molar-refractivity contribution in [3.05, 3.63) is 103 Å². The number of benzene rings is 2. The number of nitrogens with zero attached hydrogens (tertiary/aromatic N) is 5. The molecule has 0 aliphatic heterocycles. The van der Waals surface area contributed by atoms with Gasteiger partial charge in [0, 0.05) is 34.6 Å². The summed E-state index contributed by atoms with van der Waals surface area (Å²) in [6.07, 6.45) is 3.61. The molecule has 5 heteroatoms. The third-order valence-electron chi connectivity index (χ3n) is 4.93. The van der Waals surface area contributed by atoms with E-state index in [1.807, 2.05) is 91.9 Å². The Hall–Kier alpha value is -4.25. The zero-order valence-electron chi connectivity index (χ0n) is 17.0. The summed E-state index contributed by atoms with van der Waals surface area (Å²) in [5.74, 6) is 1.85. The van der Waals surface area contributed by atoms with E-state index in [9.17, 15) is 0 Å². The molecule has 5 aromatic rings. The molecule has 0 N–H and O–H groups in total. The molecule has 2 aromatic carbocycles. The fourth-order valence-electron chi connectivity index (χ4n) is 3.35. The van der Waals surface area contributed by atoms with Crippen LogP contribution >= 0.6 is 0 Å². The van der Waals surface area contributed by atoms with E-state index < -0.39 is 0 Å². The van der Waals surface area contributed by atoms with E-state index >= 15 is 0 Å². The van der Waals surface area contributed by atoms with Crippen molar-refractivity contribution in [2.24, 2.45) is 0 Å². The van der Waals surface area contributed by atoms with E-state index in [4.69, 9.17) is 0 Å². The smallest absolute Gasteiger partial charge is 0.165 e. The summed E-state index contributed by atoms with van der Waals surface area (Å²) in [5, 5.41) is 0. The second kappa shape index (κ2) is 8.24. The van der Waals surface area contributed by atoms with Crippen LogP contribution in [0.3, 0.4) is 0 Å². The van der Waals surface area contributed by atoms with E-state index in [1.54, 1.807) is 12.4 Å². The van der Waals surface area contributed by atoms with E-state index in [0.29, 0.717) is 17.5 Å². The van der Waals surface area contributed by atoms with Crippen molar-refractivity contribution in [2.45, 2.75) is 6.92 Å². The molecule has 0 unspecified atom stereocenters. The number of rotatable bonds is 4. The van der Waals surface area contributed by atoms with E-state index in [2.05, 4.69) is 24.9 Å². The zero-order valence-corrected chi connectivity index (χ0v) is 17.0. The Morgan fingerprint density at radius 2 is 0.903 bits per heavy atom. The zero-order chi connectivity index (χ0) is 21.0. The van der Waals surface area contributed by atoms with Crippen molar-refractivity contribution in [1.82, 2.24) is 24.9 Å². The molecule has 0 spiro atoms. The normalized spacial score (nSPS) is 10.7. The average molecular weight is 401 g/mol. The molecule has 0 saturated heterocycles. The Morgan fingerprint density at radius 1 is 0.452 bits per heavy atom. The van der Waals surface area contributed by atoms with Gasteiger partial charge < -0.3 is 0 Å². The minimum Gasteiger partial charge on any atom is -0.255 e. The van der Waals surface area contributed by atoms with Gasteiger partial charge in [-0.1, -0.05) is 60.7 Å². The molecule has 0 amide bonds. The van der Waals surface area contributed by atoms with Crippen LogP contribution in [0.2, 0.25) is 0 Å². The highest BCUT2D eigenvalue weighted by atomic mass is 15.0. The molecule has 5 rings (SSSR count). The topological polar surface area (TPSA) is 64.5 Å². The Morgan fingerprint density at radius 3 is 1.29 bits per heavy atom. The molecular weight excluding hydrogens is 382 g/mol. The van der Waals surface area contributed by atoms with Crippen LogP contribution in [0.1, 0.15) is 5.82 Å². The first-order valence-electron chi connectivity index (χ1n) is 10.0. The summed E-state index contributed by atoms with van der Waals surface area (Å²) in [6.45, 7) is 1.87. The predicted molar refractivity (Wildman–Crippen MR) is 122 cm³/mol. The lowest BCUT2D eigenvalue weighted by Gasteiger charge is -2.07. The molecule has 0 aliphatic carbocycles. The van der Waals surface area contributed by atoms with Crippen molar-refractivity contribution < 1.29 is 0 Å². The Bertz CT molecular complexity index is 1200. The number of pyridine rings is 2. The van der Waals surface area contributed by atoms with Crippen molar-refractivity contribution in [2.75, 3.05) is 0 Å². The van der Waals surface area contributed by atoms with Crippen molar-refractivity contribution >= 4 is 0 Å². The largest absolute Gasteiger partial charge is 0.255 e. The molecule has 0 bridgehead atoms. The van der Waals surface area contributed by atoms with Crippen LogP contribution in [0.25, 0.3) is 45.3 Å². The lowest BCUT2D eigenvalue weighted by molar-refractivity contribution is 0.988. The average Bonchev–Trinajstić information content (AvgIpc) is 2.85. The third-order valence-corrected chi connectivity index (χ3v) is 4.93. The summed E-state index contributed by atoms with van der Waals surface area (Å²) in [6, 6.07) is 28.1. The number of hydrogen-bond acceptors (Lipinski definition) is 5. The Labute approximate surface area is 180 Å². The highest BCUT2D eigenvalue weighted by Gasteiger charge is 2.10. The molecular formula is C26H19N5. The van der Waals surface area contributed by atoms with Crippen molar-refractivity contribution in [3.63, 3.8) is 0 Å². The Balaban J connectivity index is 1.45. The highest BCUT2D eigenvalue weighted by molar-refractivity contribution is 5.66. The van der Waals surface area contributed by atoms with E-state index in [0.717, 1.165) is 33.6 Å². The number of hydrogen-bond donors (Lipinski definition) is 0. The summed E-state index contributed by atoms with van der Waals surface area (Å²) in [5.41, 5.74) is 5.67. The van der Waals surface area contributed by atoms with Crippen LogP contribution in [0.4, 0.5) is 0 Å². The summed E-state index contributed by atoms with van der Waals surface area (Å²) in [7, 11) is 0. The molecule has 31 heavy (non-hydrogen) atoms. The first kappa shape index (κ1) is 18.8. The molecule has 0 atom stereocenters. The molecule has 0 fully saturated rings. The SMILES string of the molecule is Cc1nc(-c2ccc(-c3ccccc3)nc2)nc(-c2ccc(-c3ccccc3)nc2)n1. The van der Waals surface area contributed by atoms with E-state index in [1.165, 1.54) is 0 Å². The first-order chi connectivity index (χ1) is 15.3. The van der Waals surface area contributed by atoms with Gasteiger partial charge >= 0.3 is 0 Å². The van der Waals surface area contributed by atoms with Gasteiger partial charge in [0.05, 0.1) is 11.4 Å².